The van der Waals surface area contributed by atoms with Crippen LogP contribution in [0.25, 0.3) is 11.1 Å². The van der Waals surface area contributed by atoms with Gasteiger partial charge in [-0.2, -0.15) is 23.3 Å². The molecule has 0 bridgehead atoms. The van der Waals surface area contributed by atoms with E-state index in [1.807, 2.05) is 30.3 Å². The van der Waals surface area contributed by atoms with Crippen LogP contribution in [0.15, 0.2) is 84.0 Å². The molecule has 0 radical (unpaired) electrons. The highest BCUT2D eigenvalue weighted by Crippen LogP contribution is 2.41. The molecule has 0 saturated heterocycles. The minimum atomic E-state index is -4.90. The van der Waals surface area contributed by atoms with E-state index in [-0.39, 0.29) is 11.1 Å². The number of benzene rings is 3. The van der Waals surface area contributed by atoms with E-state index in [2.05, 4.69) is 5.10 Å². The van der Waals surface area contributed by atoms with Gasteiger partial charge in [-0.15, -0.1) is 0 Å². The van der Waals surface area contributed by atoms with Crippen LogP contribution in [-0.4, -0.2) is 32.8 Å². The van der Waals surface area contributed by atoms with Crippen molar-refractivity contribution in [2.45, 2.75) is 18.3 Å². The number of halogens is 3. The van der Waals surface area contributed by atoms with Crippen molar-refractivity contribution in [3.05, 3.63) is 100 Å². The predicted octanol–water partition coefficient (Wildman–Crippen LogP) is 4.87. The van der Waals surface area contributed by atoms with Gasteiger partial charge < -0.3 is 5.11 Å². The Kier molecular flexibility index (Phi) is 5.46. The predicted molar refractivity (Wildman–Crippen MR) is 113 cm³/mol. The van der Waals surface area contributed by atoms with E-state index in [4.69, 9.17) is 0 Å². The molecule has 1 amide bonds. The zero-order valence-corrected chi connectivity index (χ0v) is 16.9. The fourth-order valence-corrected chi connectivity index (χ4v) is 3.57. The van der Waals surface area contributed by atoms with Crippen molar-refractivity contribution in [3.8, 4) is 11.1 Å². The molecule has 1 aliphatic heterocycles. The Morgan fingerprint density at radius 1 is 1.00 bits per heavy atom. The second kappa shape index (κ2) is 8.14. The summed E-state index contributed by atoms with van der Waals surface area (Å²) in [5.74, 6) is -0.983. The number of nitro groups is 1. The quantitative estimate of drug-likeness (QED) is 0.448. The van der Waals surface area contributed by atoms with E-state index in [1.54, 1.807) is 12.1 Å². The zero-order valence-electron chi connectivity index (χ0n) is 16.9. The van der Waals surface area contributed by atoms with Gasteiger partial charge in [0.2, 0.25) is 0 Å². The topological polar surface area (TPSA) is 96.0 Å². The maximum atomic E-state index is 13.4. The van der Waals surface area contributed by atoms with Crippen LogP contribution in [0.5, 0.6) is 0 Å². The highest BCUT2D eigenvalue weighted by Gasteiger charge is 2.53. The summed E-state index contributed by atoms with van der Waals surface area (Å²) >= 11 is 0. The van der Waals surface area contributed by atoms with Gasteiger partial charge >= 0.3 is 6.18 Å². The molecule has 1 N–H and O–H groups in total. The first-order valence-corrected chi connectivity index (χ1v) is 9.71. The van der Waals surface area contributed by atoms with Gasteiger partial charge in [-0.05, 0) is 23.3 Å². The molecule has 0 fully saturated rings. The largest absolute Gasteiger partial charge is 0.431 e. The third kappa shape index (κ3) is 4.20. The Morgan fingerprint density at radius 2 is 1.64 bits per heavy atom. The Morgan fingerprint density at radius 3 is 2.24 bits per heavy atom. The van der Waals surface area contributed by atoms with Gasteiger partial charge in [0.05, 0.1) is 11.3 Å². The van der Waals surface area contributed by atoms with Crippen molar-refractivity contribution >= 4 is 17.3 Å². The number of hydrogen-bond acceptors (Lipinski definition) is 5. The van der Waals surface area contributed by atoms with Crippen molar-refractivity contribution in [1.82, 2.24) is 5.01 Å². The Labute approximate surface area is 185 Å². The fraction of sp³-hybridized carbons (Fsp3) is 0.130. The number of alkyl halides is 3. The molecule has 1 heterocycles. The lowest BCUT2D eigenvalue weighted by molar-refractivity contribution is -0.385. The first kappa shape index (κ1) is 22.2. The number of carbonyl (C=O) groups excluding carboxylic acids is 1. The molecule has 0 aliphatic carbocycles. The summed E-state index contributed by atoms with van der Waals surface area (Å²) in [7, 11) is 0. The minimum Gasteiger partial charge on any atom is -0.365 e. The van der Waals surface area contributed by atoms with Crippen LogP contribution in [0.3, 0.4) is 0 Å². The normalized spacial score (nSPS) is 18.2. The van der Waals surface area contributed by atoms with Crippen LogP contribution < -0.4 is 0 Å². The van der Waals surface area contributed by atoms with Crippen LogP contribution in [0, 0.1) is 10.1 Å². The van der Waals surface area contributed by atoms with E-state index >= 15 is 0 Å². The average Bonchev–Trinajstić information content (AvgIpc) is 3.18. The van der Waals surface area contributed by atoms with Crippen molar-refractivity contribution in [2.24, 2.45) is 5.10 Å². The number of nitro benzene ring substituents is 1. The van der Waals surface area contributed by atoms with Crippen molar-refractivity contribution in [1.29, 1.82) is 0 Å². The monoisotopic (exact) mass is 455 g/mol. The van der Waals surface area contributed by atoms with Gasteiger partial charge in [0, 0.05) is 23.3 Å². The molecule has 168 valence electrons. The molecule has 3 aromatic rings. The molecule has 7 nitrogen and oxygen atoms in total. The molecule has 1 aliphatic rings. The maximum absolute atomic E-state index is 13.4. The molecule has 0 spiro atoms. The van der Waals surface area contributed by atoms with Gasteiger partial charge in [0.15, 0.2) is 5.72 Å². The molecular formula is C23H16F3N3O4. The first-order valence-electron chi connectivity index (χ1n) is 9.71. The lowest BCUT2D eigenvalue weighted by Crippen LogP contribution is -2.43. The van der Waals surface area contributed by atoms with Crippen LogP contribution in [0.4, 0.5) is 18.9 Å². The molecule has 0 saturated carbocycles. The maximum Gasteiger partial charge on any atom is 0.431 e. The second-order valence-electron chi connectivity index (χ2n) is 7.41. The molecule has 1 atom stereocenters. The molecular weight excluding hydrogens is 439 g/mol. The Hall–Kier alpha value is -4.05. The fourth-order valence-electron chi connectivity index (χ4n) is 3.57. The minimum absolute atomic E-state index is 0.00860. The SMILES string of the molecule is O=C(c1ccc(-c2ccccc2)cc1)N1N=C(C(F)(F)F)C[C@]1(O)c1cccc([N+](=O)[O-])c1. The first-order chi connectivity index (χ1) is 15.6. The molecule has 33 heavy (non-hydrogen) atoms. The molecule has 10 heteroatoms. The van der Waals surface area contributed by atoms with Crippen LogP contribution in [0.1, 0.15) is 22.3 Å². The summed E-state index contributed by atoms with van der Waals surface area (Å²) in [5, 5.41) is 26.0. The number of nitrogens with zero attached hydrogens (tertiary/aromatic N) is 3. The van der Waals surface area contributed by atoms with Gasteiger partial charge in [-0.3, -0.25) is 14.9 Å². The van der Waals surface area contributed by atoms with Gasteiger partial charge in [0.1, 0.15) is 5.71 Å². The second-order valence-corrected chi connectivity index (χ2v) is 7.41. The van der Waals surface area contributed by atoms with Crippen LogP contribution in [-0.2, 0) is 5.72 Å². The average molecular weight is 455 g/mol. The Bertz CT molecular complexity index is 1240. The number of hydrazone groups is 1. The number of amides is 1. The highest BCUT2D eigenvalue weighted by molar-refractivity contribution is 6.00. The molecule has 0 unspecified atom stereocenters. The summed E-state index contributed by atoms with van der Waals surface area (Å²) in [6, 6.07) is 19.8. The van der Waals surface area contributed by atoms with Gasteiger partial charge in [0.25, 0.3) is 11.6 Å². The van der Waals surface area contributed by atoms with Crippen LogP contribution in [0.2, 0.25) is 0 Å². The molecule has 3 aromatic carbocycles. The van der Waals surface area contributed by atoms with E-state index in [1.165, 1.54) is 24.3 Å². The van der Waals surface area contributed by atoms with Gasteiger partial charge in [-0.1, -0.05) is 54.6 Å². The summed E-state index contributed by atoms with van der Waals surface area (Å²) in [5.41, 5.74) is -2.97. The smallest absolute Gasteiger partial charge is 0.365 e. The highest BCUT2D eigenvalue weighted by atomic mass is 19.4. The third-order valence-electron chi connectivity index (χ3n) is 5.26. The number of hydrogen-bond donors (Lipinski definition) is 1. The summed E-state index contributed by atoms with van der Waals surface area (Å²) < 4.78 is 40.3. The van der Waals surface area contributed by atoms with Crippen molar-refractivity contribution < 1.29 is 28.0 Å². The van der Waals surface area contributed by atoms with E-state index in [0.717, 1.165) is 23.3 Å². The summed E-state index contributed by atoms with van der Waals surface area (Å²) in [6.45, 7) is 0. The van der Waals surface area contributed by atoms with E-state index < -0.39 is 40.6 Å². The summed E-state index contributed by atoms with van der Waals surface area (Å²) in [4.78, 5) is 23.5. The molecule has 4 rings (SSSR count). The van der Waals surface area contributed by atoms with Crippen molar-refractivity contribution in [2.75, 3.05) is 0 Å². The number of carbonyl (C=O) groups is 1. The van der Waals surface area contributed by atoms with Crippen LogP contribution >= 0.6 is 0 Å². The summed E-state index contributed by atoms with van der Waals surface area (Å²) in [6.07, 6.45) is -5.97. The van der Waals surface area contributed by atoms with Crippen molar-refractivity contribution in [3.63, 3.8) is 0 Å². The number of aliphatic hydroxyl groups is 1. The number of rotatable bonds is 4. The number of non-ortho nitro benzene ring substituents is 1. The molecule has 0 aromatic heterocycles. The standard InChI is InChI=1S/C23H16F3N3O4/c24-23(25,26)20-14-22(31,18-7-4-8-19(13-18)29(32)33)28(27-20)21(30)17-11-9-16(10-12-17)15-5-2-1-3-6-15/h1-13,31H,14H2/t22-/m0/s1. The van der Waals surface area contributed by atoms with E-state index in [9.17, 15) is 33.2 Å². The van der Waals surface area contributed by atoms with Gasteiger partial charge in [-0.25, -0.2) is 0 Å². The third-order valence-corrected chi connectivity index (χ3v) is 5.26. The lowest BCUT2D eigenvalue weighted by Gasteiger charge is -2.31. The lowest BCUT2D eigenvalue weighted by atomic mass is 9.96. The Balaban J connectivity index is 1.73. The zero-order chi connectivity index (χ0) is 23.8. The van der Waals surface area contributed by atoms with E-state index in [0.29, 0.717) is 5.01 Å².